The summed E-state index contributed by atoms with van der Waals surface area (Å²) in [4.78, 5) is 85.6. The molecule has 0 aromatic rings. The summed E-state index contributed by atoms with van der Waals surface area (Å²) in [5, 5.41) is 11.4. The molecule has 2 heterocycles. The number of aliphatic hydroxyl groups excluding tert-OH is 1. The lowest BCUT2D eigenvalue weighted by molar-refractivity contribution is -0.350. The third-order valence-electron chi connectivity index (χ3n) is 7.13. The van der Waals surface area contributed by atoms with Crippen molar-refractivity contribution in [2.45, 2.75) is 110 Å². The van der Waals surface area contributed by atoms with Crippen LogP contribution in [0.5, 0.6) is 0 Å². The van der Waals surface area contributed by atoms with Gasteiger partial charge in [0.05, 0.1) is 39.6 Å². The first-order chi connectivity index (χ1) is 25.0. The van der Waals surface area contributed by atoms with Crippen LogP contribution in [0.1, 0.15) is 48.5 Å². The Hall–Kier alpha value is -3.99. The van der Waals surface area contributed by atoms with E-state index in [2.05, 4.69) is 5.32 Å². The van der Waals surface area contributed by atoms with Crippen molar-refractivity contribution >= 4 is 41.7 Å². The van der Waals surface area contributed by atoms with Crippen LogP contribution in [0.3, 0.4) is 0 Å². The van der Waals surface area contributed by atoms with Crippen molar-refractivity contribution in [3.05, 3.63) is 0 Å². The molecule has 0 aromatic carbocycles. The van der Waals surface area contributed by atoms with E-state index in [-0.39, 0.29) is 39.6 Å². The van der Waals surface area contributed by atoms with Gasteiger partial charge in [-0.15, -0.1) is 0 Å². The lowest BCUT2D eigenvalue weighted by atomic mass is 9.94. The fourth-order valence-corrected chi connectivity index (χ4v) is 5.33. The van der Waals surface area contributed by atoms with Gasteiger partial charge in [-0.2, -0.15) is 0 Å². The second kappa shape index (κ2) is 22.9. The molecular formula is C32H49NO20. The van der Waals surface area contributed by atoms with Gasteiger partial charge in [-0.1, -0.05) is 0 Å². The Morgan fingerprint density at radius 2 is 0.981 bits per heavy atom. The SMILES string of the molecule is CC(=O)N[C@H]1[C@H](OCCOCCOCCO)O[C@H](COC(C)=O)[C@@H](O[C@@H]2O[C@H](COC(C)=O)[C@H](OC(C)=O)[C@H](OC(C)=O)[C@H]2OC(C)=O)[C@@H]1OC(C)=O. The van der Waals surface area contributed by atoms with Crippen LogP contribution in [0, 0.1) is 0 Å². The van der Waals surface area contributed by atoms with E-state index in [1.54, 1.807) is 0 Å². The summed E-state index contributed by atoms with van der Waals surface area (Å²) in [6, 6.07) is -1.30. The second-order valence-corrected chi connectivity index (χ2v) is 11.6. The van der Waals surface area contributed by atoms with Gasteiger partial charge in [-0.3, -0.25) is 33.6 Å². The van der Waals surface area contributed by atoms with Gasteiger partial charge in [0.2, 0.25) is 5.91 Å². The van der Waals surface area contributed by atoms with Crippen LogP contribution in [0.4, 0.5) is 0 Å². The van der Waals surface area contributed by atoms with Crippen LogP contribution in [0.2, 0.25) is 0 Å². The van der Waals surface area contributed by atoms with Crippen molar-refractivity contribution in [1.82, 2.24) is 5.32 Å². The van der Waals surface area contributed by atoms with E-state index < -0.39 is 116 Å². The molecule has 2 rings (SSSR count). The van der Waals surface area contributed by atoms with Gasteiger partial charge in [-0.25, -0.2) is 0 Å². The van der Waals surface area contributed by atoms with Crippen LogP contribution >= 0.6 is 0 Å². The molecule has 0 spiro atoms. The summed E-state index contributed by atoms with van der Waals surface area (Å²) in [5.74, 6) is -5.60. The van der Waals surface area contributed by atoms with Gasteiger partial charge in [0.1, 0.15) is 37.6 Å². The number of ether oxygens (including phenoxy) is 12. The number of aliphatic hydroxyl groups is 1. The highest BCUT2D eigenvalue weighted by Crippen LogP contribution is 2.34. The van der Waals surface area contributed by atoms with E-state index in [1.165, 1.54) is 6.92 Å². The summed E-state index contributed by atoms with van der Waals surface area (Å²) >= 11 is 0. The first-order valence-electron chi connectivity index (χ1n) is 16.6. The third kappa shape index (κ3) is 15.9. The predicted octanol–water partition coefficient (Wildman–Crippen LogP) is -1.78. The maximum absolute atomic E-state index is 12.5. The van der Waals surface area contributed by atoms with Gasteiger partial charge in [0, 0.05) is 48.5 Å². The predicted molar refractivity (Wildman–Crippen MR) is 170 cm³/mol. The molecule has 0 aromatic heterocycles. The summed E-state index contributed by atoms with van der Waals surface area (Å²) in [6.45, 7) is 6.77. The molecule has 0 bridgehead atoms. The molecule has 21 heteroatoms. The molecule has 10 atom stereocenters. The largest absolute Gasteiger partial charge is 0.463 e. The van der Waals surface area contributed by atoms with Crippen molar-refractivity contribution in [2.75, 3.05) is 52.9 Å². The molecule has 53 heavy (non-hydrogen) atoms. The van der Waals surface area contributed by atoms with Crippen molar-refractivity contribution in [2.24, 2.45) is 0 Å². The monoisotopic (exact) mass is 767 g/mol. The Labute approximate surface area is 305 Å². The van der Waals surface area contributed by atoms with Gasteiger partial charge in [-0.05, 0) is 0 Å². The van der Waals surface area contributed by atoms with Crippen molar-refractivity contribution < 1.29 is 95.5 Å². The first-order valence-corrected chi connectivity index (χ1v) is 16.6. The number of amides is 1. The molecule has 2 N–H and O–H groups in total. The van der Waals surface area contributed by atoms with Gasteiger partial charge < -0.3 is 67.3 Å². The van der Waals surface area contributed by atoms with Crippen LogP contribution in [0.15, 0.2) is 0 Å². The molecule has 0 unspecified atom stereocenters. The molecule has 2 aliphatic rings. The van der Waals surface area contributed by atoms with Crippen LogP contribution in [0.25, 0.3) is 0 Å². The molecule has 2 aliphatic heterocycles. The molecule has 0 saturated carbocycles. The van der Waals surface area contributed by atoms with E-state index in [0.717, 1.165) is 41.5 Å². The Balaban J connectivity index is 2.59. The number of esters is 6. The second-order valence-electron chi connectivity index (χ2n) is 11.6. The van der Waals surface area contributed by atoms with E-state index >= 15 is 0 Å². The fraction of sp³-hybridized carbons (Fsp3) is 0.781. The first kappa shape index (κ1) is 45.2. The van der Waals surface area contributed by atoms with E-state index in [4.69, 9.17) is 61.9 Å². The Kier molecular flexibility index (Phi) is 19.5. The minimum atomic E-state index is -1.78. The fourth-order valence-electron chi connectivity index (χ4n) is 5.33. The number of rotatable bonds is 20. The smallest absolute Gasteiger partial charge is 0.303 e. The maximum Gasteiger partial charge on any atom is 0.303 e. The number of carbonyl (C=O) groups is 7. The summed E-state index contributed by atoms with van der Waals surface area (Å²) in [6.07, 6.45) is -13.7. The lowest BCUT2D eigenvalue weighted by Gasteiger charge is -2.49. The summed E-state index contributed by atoms with van der Waals surface area (Å²) in [5.41, 5.74) is 0. The van der Waals surface area contributed by atoms with Gasteiger partial charge in [0.25, 0.3) is 0 Å². The quantitative estimate of drug-likeness (QED) is 0.0788. The average Bonchev–Trinajstić information content (AvgIpc) is 3.04. The molecular weight excluding hydrogens is 718 g/mol. The standard InChI is InChI=1S/C32H49NO20/c1-16(35)33-25-28(48-20(5)39)26(23(14-45-17(2)36)51-31(25)44-13-12-43-11-10-42-9-8-34)53-32-30(50-22(7)41)29(49-21(6)40)27(47-19(4)38)24(52-32)15-46-18(3)37/h23-32,34H,8-15H2,1-7H3,(H,33,35)/t23-,24-,25-,26-,27+,28-,29+,30-,31-,32+/m1/s1. The Morgan fingerprint density at radius 3 is 1.49 bits per heavy atom. The van der Waals surface area contributed by atoms with Crippen LogP contribution < -0.4 is 5.32 Å². The van der Waals surface area contributed by atoms with Crippen molar-refractivity contribution in [3.8, 4) is 0 Å². The minimum Gasteiger partial charge on any atom is -0.463 e. The Morgan fingerprint density at radius 1 is 0.528 bits per heavy atom. The zero-order valence-electron chi connectivity index (χ0n) is 30.6. The van der Waals surface area contributed by atoms with E-state index in [0.29, 0.717) is 0 Å². The molecule has 2 saturated heterocycles. The van der Waals surface area contributed by atoms with Crippen molar-refractivity contribution in [1.29, 1.82) is 0 Å². The van der Waals surface area contributed by atoms with Crippen LogP contribution in [-0.2, 0) is 90.4 Å². The number of carbonyl (C=O) groups excluding carboxylic acids is 7. The lowest BCUT2D eigenvalue weighted by Crippen LogP contribution is -2.69. The number of hydrogen-bond donors (Lipinski definition) is 2. The van der Waals surface area contributed by atoms with Crippen molar-refractivity contribution in [3.63, 3.8) is 0 Å². The average molecular weight is 768 g/mol. The maximum atomic E-state index is 12.5. The zero-order chi connectivity index (χ0) is 39.7. The summed E-state index contributed by atoms with van der Waals surface area (Å²) < 4.78 is 67.3. The molecule has 0 radical (unpaired) electrons. The van der Waals surface area contributed by atoms with E-state index in [1.807, 2.05) is 0 Å². The normalized spacial score (nSPS) is 28.2. The number of nitrogens with one attached hydrogen (secondary N) is 1. The highest BCUT2D eigenvalue weighted by Gasteiger charge is 2.57. The molecule has 1 amide bonds. The topological polar surface area (TPSA) is 263 Å². The third-order valence-corrected chi connectivity index (χ3v) is 7.13. The molecule has 302 valence electrons. The molecule has 0 aliphatic carbocycles. The number of hydrogen-bond acceptors (Lipinski definition) is 20. The molecule has 21 nitrogen and oxygen atoms in total. The molecule has 2 fully saturated rings. The Bertz CT molecular complexity index is 1250. The van der Waals surface area contributed by atoms with Crippen LogP contribution in [-0.4, -0.2) is 161 Å². The highest BCUT2D eigenvalue weighted by molar-refractivity contribution is 5.73. The highest BCUT2D eigenvalue weighted by atomic mass is 16.8. The van der Waals surface area contributed by atoms with Gasteiger partial charge in [0.15, 0.2) is 37.0 Å². The summed E-state index contributed by atoms with van der Waals surface area (Å²) in [7, 11) is 0. The van der Waals surface area contributed by atoms with E-state index in [9.17, 15) is 33.6 Å². The minimum absolute atomic E-state index is 0.0205. The van der Waals surface area contributed by atoms with Gasteiger partial charge >= 0.3 is 35.8 Å². The zero-order valence-corrected chi connectivity index (χ0v) is 30.6.